The van der Waals surface area contributed by atoms with Crippen LogP contribution in [-0.2, 0) is 0 Å². The van der Waals surface area contributed by atoms with Crippen LogP contribution in [0.5, 0.6) is 0 Å². The lowest BCUT2D eigenvalue weighted by Crippen LogP contribution is -1.99. The molecule has 0 amide bonds. The predicted molar refractivity (Wildman–Crippen MR) is 73.8 cm³/mol. The van der Waals surface area contributed by atoms with Crippen molar-refractivity contribution in [2.45, 2.75) is 33.1 Å². The SMILES string of the molecule is CC(=S)c1cc(F)cc(F)c1N=C(C)CC1CC1. The minimum Gasteiger partial charge on any atom is -0.254 e. The van der Waals surface area contributed by atoms with E-state index in [-0.39, 0.29) is 5.69 Å². The second-order valence-electron chi connectivity index (χ2n) is 4.83. The molecule has 0 aromatic heterocycles. The molecule has 1 aliphatic carbocycles. The second-order valence-corrected chi connectivity index (χ2v) is 5.45. The Morgan fingerprint density at radius 2 is 2.00 bits per heavy atom. The molecule has 1 fully saturated rings. The van der Waals surface area contributed by atoms with Crippen molar-refractivity contribution in [1.29, 1.82) is 0 Å². The molecule has 1 saturated carbocycles. The fourth-order valence-corrected chi connectivity index (χ4v) is 2.08. The van der Waals surface area contributed by atoms with Gasteiger partial charge in [-0.05, 0) is 45.1 Å². The van der Waals surface area contributed by atoms with Crippen molar-refractivity contribution >= 4 is 28.5 Å². The smallest absolute Gasteiger partial charge is 0.152 e. The molecule has 0 heterocycles. The summed E-state index contributed by atoms with van der Waals surface area (Å²) >= 11 is 5.02. The molecule has 0 atom stereocenters. The minimum absolute atomic E-state index is 0.169. The van der Waals surface area contributed by atoms with E-state index in [0.717, 1.165) is 18.2 Å². The Bertz CT molecular complexity index is 519. The van der Waals surface area contributed by atoms with Gasteiger partial charge in [-0.2, -0.15) is 0 Å². The largest absolute Gasteiger partial charge is 0.254 e. The fourth-order valence-electron chi connectivity index (χ4n) is 1.92. The van der Waals surface area contributed by atoms with E-state index in [9.17, 15) is 8.78 Å². The molecule has 18 heavy (non-hydrogen) atoms. The predicted octanol–water partition coefficient (Wildman–Crippen LogP) is 4.60. The minimum atomic E-state index is -0.649. The standard InChI is InChI=1S/C14H15F2NS/c1-8(5-10-3-4-10)17-14-12(9(2)18)6-11(15)7-13(14)16/h6-7,10H,3-5H2,1-2H3. The molecule has 0 bridgehead atoms. The van der Waals surface area contributed by atoms with Crippen LogP contribution in [-0.4, -0.2) is 10.6 Å². The van der Waals surface area contributed by atoms with Gasteiger partial charge in [0.25, 0.3) is 0 Å². The highest BCUT2D eigenvalue weighted by atomic mass is 32.1. The van der Waals surface area contributed by atoms with Crippen molar-refractivity contribution in [3.8, 4) is 0 Å². The molecule has 0 aliphatic heterocycles. The van der Waals surface area contributed by atoms with Gasteiger partial charge in [-0.1, -0.05) is 12.2 Å². The van der Waals surface area contributed by atoms with Gasteiger partial charge in [0, 0.05) is 22.2 Å². The highest BCUT2D eigenvalue weighted by Crippen LogP contribution is 2.34. The molecule has 1 nitrogen and oxygen atoms in total. The fraction of sp³-hybridized carbons (Fsp3) is 0.429. The molecule has 1 aromatic rings. The van der Waals surface area contributed by atoms with Gasteiger partial charge in [0.05, 0.1) is 0 Å². The first-order valence-electron chi connectivity index (χ1n) is 6.01. The van der Waals surface area contributed by atoms with Gasteiger partial charge in [-0.15, -0.1) is 0 Å². The zero-order chi connectivity index (χ0) is 13.3. The summed E-state index contributed by atoms with van der Waals surface area (Å²) in [5.74, 6) is -0.580. The van der Waals surface area contributed by atoms with Gasteiger partial charge in [-0.3, -0.25) is 4.99 Å². The maximum atomic E-state index is 13.8. The monoisotopic (exact) mass is 267 g/mol. The molecule has 1 aliphatic rings. The molecule has 2 rings (SSSR count). The van der Waals surface area contributed by atoms with Crippen LogP contribution in [0.2, 0.25) is 0 Å². The molecular formula is C14H15F2NS. The van der Waals surface area contributed by atoms with E-state index in [1.165, 1.54) is 18.9 Å². The Kier molecular flexibility index (Phi) is 3.85. The third kappa shape index (κ3) is 3.19. The Hall–Kier alpha value is -1.16. The molecule has 0 N–H and O–H groups in total. The summed E-state index contributed by atoms with van der Waals surface area (Å²) in [6.07, 6.45) is 3.32. The van der Waals surface area contributed by atoms with Crippen molar-refractivity contribution in [3.05, 3.63) is 29.3 Å². The zero-order valence-corrected chi connectivity index (χ0v) is 11.3. The van der Waals surface area contributed by atoms with Crippen LogP contribution in [0.25, 0.3) is 0 Å². The van der Waals surface area contributed by atoms with E-state index < -0.39 is 11.6 Å². The van der Waals surface area contributed by atoms with E-state index >= 15 is 0 Å². The van der Waals surface area contributed by atoms with Crippen LogP contribution >= 0.6 is 12.2 Å². The maximum absolute atomic E-state index is 13.8. The number of benzene rings is 1. The van der Waals surface area contributed by atoms with E-state index in [4.69, 9.17) is 12.2 Å². The molecule has 0 unspecified atom stereocenters. The van der Waals surface area contributed by atoms with Crippen LogP contribution in [0.1, 0.15) is 38.7 Å². The zero-order valence-electron chi connectivity index (χ0n) is 10.5. The number of halogens is 2. The van der Waals surface area contributed by atoms with Crippen LogP contribution in [0.15, 0.2) is 17.1 Å². The Morgan fingerprint density at radius 1 is 1.33 bits per heavy atom. The molecule has 4 heteroatoms. The van der Waals surface area contributed by atoms with Gasteiger partial charge in [0.2, 0.25) is 0 Å². The van der Waals surface area contributed by atoms with Crippen LogP contribution in [0, 0.1) is 17.6 Å². The van der Waals surface area contributed by atoms with E-state index in [2.05, 4.69) is 4.99 Å². The number of hydrogen-bond acceptors (Lipinski definition) is 2. The van der Waals surface area contributed by atoms with Crippen LogP contribution in [0.4, 0.5) is 14.5 Å². The summed E-state index contributed by atoms with van der Waals surface area (Å²) in [5, 5.41) is 0. The Balaban J connectivity index is 2.38. The number of aliphatic imine (C=N–C) groups is 1. The molecule has 1 aromatic carbocycles. The molecular weight excluding hydrogens is 252 g/mol. The maximum Gasteiger partial charge on any atom is 0.152 e. The third-order valence-corrected chi connectivity index (χ3v) is 3.21. The molecule has 0 radical (unpaired) electrons. The van der Waals surface area contributed by atoms with E-state index in [1.807, 2.05) is 6.92 Å². The van der Waals surface area contributed by atoms with Gasteiger partial charge >= 0.3 is 0 Å². The number of thiocarbonyl (C=S) groups is 1. The first-order chi connectivity index (χ1) is 8.47. The van der Waals surface area contributed by atoms with Crippen LogP contribution in [0.3, 0.4) is 0 Å². The van der Waals surface area contributed by atoms with Crippen molar-refractivity contribution in [3.63, 3.8) is 0 Å². The second kappa shape index (κ2) is 5.22. The quantitative estimate of drug-likeness (QED) is 0.441. The third-order valence-electron chi connectivity index (χ3n) is 2.99. The average molecular weight is 267 g/mol. The molecule has 96 valence electrons. The van der Waals surface area contributed by atoms with Gasteiger partial charge < -0.3 is 0 Å². The first kappa shape index (κ1) is 13.3. The Labute approximate surface area is 111 Å². The number of rotatable bonds is 4. The summed E-state index contributed by atoms with van der Waals surface area (Å²) in [4.78, 5) is 4.74. The molecule has 0 spiro atoms. The number of hydrogen-bond donors (Lipinski definition) is 0. The summed E-state index contributed by atoms with van der Waals surface area (Å²) in [7, 11) is 0. The lowest BCUT2D eigenvalue weighted by molar-refractivity contribution is 0.584. The summed E-state index contributed by atoms with van der Waals surface area (Å²) in [6.45, 7) is 3.53. The summed E-state index contributed by atoms with van der Waals surface area (Å²) in [5.41, 5.74) is 1.42. The van der Waals surface area contributed by atoms with Crippen molar-refractivity contribution in [2.75, 3.05) is 0 Å². The normalized spacial score (nSPS) is 15.9. The van der Waals surface area contributed by atoms with Crippen LogP contribution < -0.4 is 0 Å². The van der Waals surface area contributed by atoms with Gasteiger partial charge in [0.15, 0.2) is 5.82 Å². The van der Waals surface area contributed by atoms with Crippen molar-refractivity contribution in [2.24, 2.45) is 10.9 Å². The van der Waals surface area contributed by atoms with Gasteiger partial charge in [0.1, 0.15) is 11.5 Å². The topological polar surface area (TPSA) is 12.4 Å². The molecule has 0 saturated heterocycles. The van der Waals surface area contributed by atoms with E-state index in [1.54, 1.807) is 6.92 Å². The van der Waals surface area contributed by atoms with Crippen molar-refractivity contribution in [1.82, 2.24) is 0 Å². The van der Waals surface area contributed by atoms with E-state index in [0.29, 0.717) is 16.3 Å². The van der Waals surface area contributed by atoms with Gasteiger partial charge in [-0.25, -0.2) is 8.78 Å². The highest BCUT2D eigenvalue weighted by Gasteiger charge is 2.22. The summed E-state index contributed by atoms with van der Waals surface area (Å²) < 4.78 is 27.0. The average Bonchev–Trinajstić information content (AvgIpc) is 3.05. The lowest BCUT2D eigenvalue weighted by atomic mass is 10.1. The first-order valence-corrected chi connectivity index (χ1v) is 6.42. The van der Waals surface area contributed by atoms with Crippen molar-refractivity contribution < 1.29 is 8.78 Å². The Morgan fingerprint density at radius 3 is 2.56 bits per heavy atom. The lowest BCUT2D eigenvalue weighted by Gasteiger charge is -2.07. The number of nitrogens with zero attached hydrogens (tertiary/aromatic N) is 1. The summed E-state index contributed by atoms with van der Waals surface area (Å²) in [6, 6.07) is 2.10. The highest BCUT2D eigenvalue weighted by molar-refractivity contribution is 7.80.